The fraction of sp³-hybridized carbons (Fsp3) is 0.417. The Morgan fingerprint density at radius 2 is 1.94 bits per heavy atom. The largest absolute Gasteiger partial charge is 0.496 e. The molecular weight excluding hydrogens is 230 g/mol. The maximum absolute atomic E-state index is 13.1. The molecule has 0 fully saturated rings. The van der Waals surface area contributed by atoms with E-state index in [1.165, 1.54) is 13.2 Å². The lowest BCUT2D eigenvalue weighted by Crippen LogP contribution is -2.31. The molecule has 5 heteroatoms. The zero-order chi connectivity index (χ0) is 13.2. The Morgan fingerprint density at radius 3 is 2.41 bits per heavy atom. The number of aliphatic carboxylic acids is 1. The van der Waals surface area contributed by atoms with Crippen LogP contribution in [0.15, 0.2) is 12.1 Å². The Bertz CT molecular complexity index is 442. The van der Waals surface area contributed by atoms with Crippen molar-refractivity contribution >= 4 is 5.97 Å². The molecule has 94 valence electrons. The van der Waals surface area contributed by atoms with E-state index >= 15 is 0 Å². The van der Waals surface area contributed by atoms with Crippen molar-refractivity contribution in [2.24, 2.45) is 0 Å². The molecule has 0 saturated heterocycles. The Labute approximate surface area is 98.0 Å². The van der Waals surface area contributed by atoms with Crippen LogP contribution in [0.1, 0.15) is 16.7 Å². The van der Waals surface area contributed by atoms with Gasteiger partial charge in [-0.2, -0.15) is 8.78 Å². The summed E-state index contributed by atoms with van der Waals surface area (Å²) in [6, 6.07) is 3.16. The third-order valence-corrected chi connectivity index (χ3v) is 2.58. The van der Waals surface area contributed by atoms with Crippen LogP contribution in [0.5, 0.6) is 5.75 Å². The molecular formula is C12H14F2O3. The number of benzene rings is 1. The second kappa shape index (κ2) is 4.69. The third kappa shape index (κ3) is 2.93. The molecule has 1 N–H and O–H groups in total. The van der Waals surface area contributed by atoms with Gasteiger partial charge in [0.25, 0.3) is 0 Å². The zero-order valence-electron chi connectivity index (χ0n) is 9.88. The number of methoxy groups -OCH3 is 1. The molecule has 0 bridgehead atoms. The molecule has 0 aliphatic rings. The van der Waals surface area contributed by atoms with Gasteiger partial charge < -0.3 is 9.84 Å². The number of carboxylic acids is 1. The minimum atomic E-state index is -3.74. The summed E-state index contributed by atoms with van der Waals surface area (Å²) in [6.07, 6.45) is -0.807. The van der Waals surface area contributed by atoms with Crippen LogP contribution in [0.25, 0.3) is 0 Å². The van der Waals surface area contributed by atoms with Crippen molar-refractivity contribution < 1.29 is 23.4 Å². The lowest BCUT2D eigenvalue weighted by atomic mass is 9.99. The first-order valence-corrected chi connectivity index (χ1v) is 5.03. The van der Waals surface area contributed by atoms with E-state index in [9.17, 15) is 13.6 Å². The number of rotatable bonds is 4. The van der Waals surface area contributed by atoms with E-state index in [2.05, 4.69) is 0 Å². The number of alkyl halides is 2. The Kier molecular flexibility index (Phi) is 3.70. The monoisotopic (exact) mass is 244 g/mol. The molecule has 1 rings (SSSR count). The van der Waals surface area contributed by atoms with Crippen LogP contribution in [0.3, 0.4) is 0 Å². The molecule has 17 heavy (non-hydrogen) atoms. The van der Waals surface area contributed by atoms with Gasteiger partial charge in [0.2, 0.25) is 0 Å². The van der Waals surface area contributed by atoms with E-state index in [1.54, 1.807) is 19.9 Å². The minimum absolute atomic E-state index is 0.315. The van der Waals surface area contributed by atoms with Crippen molar-refractivity contribution in [3.8, 4) is 5.75 Å². The third-order valence-electron chi connectivity index (χ3n) is 2.58. The standard InChI is InChI=1S/C12H14F2O3/c1-7-5-10(17-3)8(2)4-9(7)6-12(13,14)11(15)16/h4-5H,6H2,1-3H3,(H,15,16). The summed E-state index contributed by atoms with van der Waals surface area (Å²) >= 11 is 0. The van der Waals surface area contributed by atoms with E-state index in [1.807, 2.05) is 0 Å². The molecule has 3 nitrogen and oxygen atoms in total. The number of ether oxygens (including phenoxy) is 1. The Hall–Kier alpha value is -1.65. The van der Waals surface area contributed by atoms with Crippen molar-refractivity contribution in [3.63, 3.8) is 0 Å². The van der Waals surface area contributed by atoms with E-state index in [0.29, 0.717) is 22.4 Å². The van der Waals surface area contributed by atoms with Crippen LogP contribution in [0.4, 0.5) is 8.78 Å². The topological polar surface area (TPSA) is 46.5 Å². The van der Waals surface area contributed by atoms with Gasteiger partial charge in [0, 0.05) is 6.42 Å². The molecule has 0 aliphatic carbocycles. The molecule has 0 unspecified atom stereocenters. The predicted molar refractivity (Wildman–Crippen MR) is 58.8 cm³/mol. The number of hydrogen-bond acceptors (Lipinski definition) is 2. The molecule has 0 heterocycles. The van der Waals surface area contributed by atoms with Gasteiger partial charge in [-0.3, -0.25) is 0 Å². The maximum atomic E-state index is 13.1. The van der Waals surface area contributed by atoms with Crippen molar-refractivity contribution in [2.75, 3.05) is 7.11 Å². The van der Waals surface area contributed by atoms with E-state index in [4.69, 9.17) is 9.84 Å². The zero-order valence-corrected chi connectivity index (χ0v) is 9.88. The van der Waals surface area contributed by atoms with Crippen molar-refractivity contribution in [2.45, 2.75) is 26.2 Å². The van der Waals surface area contributed by atoms with Crippen LogP contribution >= 0.6 is 0 Å². The van der Waals surface area contributed by atoms with Gasteiger partial charge in [-0.25, -0.2) is 4.79 Å². The van der Waals surface area contributed by atoms with Gasteiger partial charge >= 0.3 is 11.9 Å². The van der Waals surface area contributed by atoms with Gasteiger partial charge in [-0.1, -0.05) is 6.07 Å². The van der Waals surface area contributed by atoms with Gasteiger partial charge in [-0.05, 0) is 36.6 Å². The number of carbonyl (C=O) groups is 1. The highest BCUT2D eigenvalue weighted by molar-refractivity contribution is 5.75. The molecule has 1 aromatic carbocycles. The first kappa shape index (κ1) is 13.4. The first-order chi connectivity index (χ1) is 7.77. The summed E-state index contributed by atoms with van der Waals surface area (Å²) in [5.74, 6) is -5.25. The second-order valence-electron chi connectivity index (χ2n) is 3.93. The van der Waals surface area contributed by atoms with Crippen LogP contribution in [-0.4, -0.2) is 24.1 Å². The highest BCUT2D eigenvalue weighted by Gasteiger charge is 2.39. The fourth-order valence-corrected chi connectivity index (χ4v) is 1.57. The van der Waals surface area contributed by atoms with Gasteiger partial charge in [0.1, 0.15) is 5.75 Å². The van der Waals surface area contributed by atoms with Crippen LogP contribution < -0.4 is 4.74 Å². The number of carboxylic acid groups (broad SMARTS) is 1. The second-order valence-corrected chi connectivity index (χ2v) is 3.93. The van der Waals surface area contributed by atoms with Crippen LogP contribution in [0.2, 0.25) is 0 Å². The van der Waals surface area contributed by atoms with Gasteiger partial charge in [0.15, 0.2) is 0 Å². The maximum Gasteiger partial charge on any atom is 0.374 e. The normalized spacial score (nSPS) is 11.4. The lowest BCUT2D eigenvalue weighted by Gasteiger charge is -2.15. The molecule has 0 aliphatic heterocycles. The summed E-state index contributed by atoms with van der Waals surface area (Å²) in [7, 11) is 1.49. The molecule has 0 aromatic heterocycles. The number of halogens is 2. The van der Waals surface area contributed by atoms with Crippen molar-refractivity contribution in [1.82, 2.24) is 0 Å². The van der Waals surface area contributed by atoms with Crippen LogP contribution in [-0.2, 0) is 11.2 Å². The Balaban J connectivity index is 3.08. The molecule has 0 saturated carbocycles. The fourth-order valence-electron chi connectivity index (χ4n) is 1.57. The minimum Gasteiger partial charge on any atom is -0.496 e. The Morgan fingerprint density at radius 1 is 1.35 bits per heavy atom. The summed E-state index contributed by atoms with van der Waals surface area (Å²) in [5, 5.41) is 8.39. The lowest BCUT2D eigenvalue weighted by molar-refractivity contribution is -0.164. The SMILES string of the molecule is COc1cc(C)c(CC(F)(F)C(=O)O)cc1C. The highest BCUT2D eigenvalue weighted by atomic mass is 19.3. The quantitative estimate of drug-likeness (QED) is 0.885. The highest BCUT2D eigenvalue weighted by Crippen LogP contribution is 2.27. The number of aryl methyl sites for hydroxylation is 2. The van der Waals surface area contributed by atoms with Crippen molar-refractivity contribution in [3.05, 3.63) is 28.8 Å². The average molecular weight is 244 g/mol. The first-order valence-electron chi connectivity index (χ1n) is 5.03. The molecule has 0 radical (unpaired) electrons. The van der Waals surface area contributed by atoms with Crippen molar-refractivity contribution in [1.29, 1.82) is 0 Å². The summed E-state index contributed by atoms with van der Waals surface area (Å²) in [5.41, 5.74) is 1.61. The molecule has 0 amide bonds. The van der Waals surface area contributed by atoms with Gasteiger partial charge in [0.05, 0.1) is 7.11 Å². The van der Waals surface area contributed by atoms with Crippen LogP contribution in [0, 0.1) is 13.8 Å². The van der Waals surface area contributed by atoms with Gasteiger partial charge in [-0.15, -0.1) is 0 Å². The molecule has 1 aromatic rings. The number of hydrogen-bond donors (Lipinski definition) is 1. The summed E-state index contributed by atoms with van der Waals surface area (Å²) in [6.45, 7) is 3.37. The summed E-state index contributed by atoms with van der Waals surface area (Å²) in [4.78, 5) is 10.4. The predicted octanol–water partition coefficient (Wildman–Crippen LogP) is 2.57. The van der Waals surface area contributed by atoms with E-state index < -0.39 is 18.3 Å². The summed E-state index contributed by atoms with van der Waals surface area (Å²) < 4.78 is 31.2. The van der Waals surface area contributed by atoms with E-state index in [0.717, 1.165) is 0 Å². The average Bonchev–Trinajstić information content (AvgIpc) is 2.22. The molecule has 0 spiro atoms. The van der Waals surface area contributed by atoms with E-state index in [-0.39, 0.29) is 0 Å². The molecule has 0 atom stereocenters. The smallest absolute Gasteiger partial charge is 0.374 e.